The molecular weight excluding hydrogens is 192 g/mol. The fourth-order valence-corrected chi connectivity index (χ4v) is 1.78. The van der Waals surface area contributed by atoms with Crippen LogP contribution in [-0.2, 0) is 4.79 Å². The van der Waals surface area contributed by atoms with Gasteiger partial charge in [-0.2, -0.15) is 0 Å². The van der Waals surface area contributed by atoms with Crippen LogP contribution in [0.1, 0.15) is 13.8 Å². The van der Waals surface area contributed by atoms with Gasteiger partial charge < -0.3 is 15.3 Å². The van der Waals surface area contributed by atoms with Crippen LogP contribution in [0, 0.1) is 0 Å². The first-order chi connectivity index (χ1) is 7.09. The molecule has 0 atom stereocenters. The molecule has 2 N–H and O–H groups in total. The van der Waals surface area contributed by atoms with E-state index in [9.17, 15) is 9.90 Å². The van der Waals surface area contributed by atoms with Crippen molar-refractivity contribution >= 4 is 17.3 Å². The molecule has 15 heavy (non-hydrogen) atoms. The van der Waals surface area contributed by atoms with Crippen LogP contribution in [0.2, 0.25) is 0 Å². The van der Waals surface area contributed by atoms with Crippen LogP contribution in [0.5, 0.6) is 5.75 Å². The highest BCUT2D eigenvalue weighted by Gasteiger charge is 2.25. The number of carbonyl (C=O) groups excluding carboxylic acids is 1. The van der Waals surface area contributed by atoms with E-state index in [1.807, 2.05) is 24.8 Å². The van der Waals surface area contributed by atoms with Crippen molar-refractivity contribution in [2.24, 2.45) is 0 Å². The van der Waals surface area contributed by atoms with E-state index in [2.05, 4.69) is 5.32 Å². The quantitative estimate of drug-likeness (QED) is 0.685. The number of para-hydroxylation sites is 1. The van der Waals surface area contributed by atoms with Gasteiger partial charge in [0, 0.05) is 6.04 Å². The summed E-state index contributed by atoms with van der Waals surface area (Å²) < 4.78 is 0. The SMILES string of the molecule is CC(C)N1CC(=O)Nc2c(O)cccc21. The van der Waals surface area contributed by atoms with Crippen molar-refractivity contribution in [2.75, 3.05) is 16.8 Å². The fourth-order valence-electron chi connectivity index (χ4n) is 1.78. The van der Waals surface area contributed by atoms with Gasteiger partial charge in [0.15, 0.2) is 0 Å². The Labute approximate surface area is 88.5 Å². The van der Waals surface area contributed by atoms with Crippen LogP contribution in [0.25, 0.3) is 0 Å². The van der Waals surface area contributed by atoms with E-state index >= 15 is 0 Å². The lowest BCUT2D eigenvalue weighted by Gasteiger charge is -2.34. The third kappa shape index (κ3) is 1.63. The minimum atomic E-state index is -0.0855. The molecule has 1 aliphatic rings. The molecule has 1 amide bonds. The molecule has 0 saturated carbocycles. The van der Waals surface area contributed by atoms with E-state index < -0.39 is 0 Å². The number of phenolic OH excluding ortho intramolecular Hbond substituents is 1. The molecule has 0 bridgehead atoms. The second-order valence-corrected chi connectivity index (χ2v) is 3.94. The Morgan fingerprint density at radius 2 is 2.20 bits per heavy atom. The first-order valence-corrected chi connectivity index (χ1v) is 4.98. The topological polar surface area (TPSA) is 52.6 Å². The Bertz CT molecular complexity index is 402. The van der Waals surface area contributed by atoms with Crippen LogP contribution < -0.4 is 10.2 Å². The lowest BCUT2D eigenvalue weighted by Crippen LogP contribution is -2.42. The van der Waals surface area contributed by atoms with Gasteiger partial charge >= 0.3 is 0 Å². The van der Waals surface area contributed by atoms with Gasteiger partial charge in [-0.15, -0.1) is 0 Å². The molecule has 4 heteroatoms. The molecule has 0 radical (unpaired) electrons. The third-order valence-electron chi connectivity index (χ3n) is 2.53. The van der Waals surface area contributed by atoms with Crippen molar-refractivity contribution in [2.45, 2.75) is 19.9 Å². The van der Waals surface area contributed by atoms with Crippen LogP contribution in [0.3, 0.4) is 0 Å². The van der Waals surface area contributed by atoms with Gasteiger partial charge in [0.2, 0.25) is 5.91 Å². The van der Waals surface area contributed by atoms with Crippen molar-refractivity contribution in [3.8, 4) is 5.75 Å². The van der Waals surface area contributed by atoms with E-state index in [0.717, 1.165) is 5.69 Å². The van der Waals surface area contributed by atoms with Crippen LogP contribution >= 0.6 is 0 Å². The number of aromatic hydroxyl groups is 1. The van der Waals surface area contributed by atoms with Crippen molar-refractivity contribution in [1.29, 1.82) is 0 Å². The summed E-state index contributed by atoms with van der Waals surface area (Å²) in [6, 6.07) is 5.48. The van der Waals surface area contributed by atoms with Gasteiger partial charge in [-0.05, 0) is 26.0 Å². The maximum Gasteiger partial charge on any atom is 0.244 e. The lowest BCUT2D eigenvalue weighted by atomic mass is 10.1. The normalized spacial score (nSPS) is 15.1. The number of rotatable bonds is 1. The Hall–Kier alpha value is -1.71. The summed E-state index contributed by atoms with van der Waals surface area (Å²) in [5.41, 5.74) is 1.40. The molecule has 0 spiro atoms. The molecule has 2 rings (SSSR count). The van der Waals surface area contributed by atoms with Gasteiger partial charge in [-0.1, -0.05) is 6.07 Å². The number of benzene rings is 1. The Kier molecular flexibility index (Phi) is 2.26. The fraction of sp³-hybridized carbons (Fsp3) is 0.364. The zero-order valence-corrected chi connectivity index (χ0v) is 8.82. The zero-order chi connectivity index (χ0) is 11.0. The predicted molar refractivity (Wildman–Crippen MR) is 59.2 cm³/mol. The number of phenols is 1. The summed E-state index contributed by atoms with van der Waals surface area (Å²) in [7, 11) is 0. The van der Waals surface area contributed by atoms with E-state index in [4.69, 9.17) is 0 Å². The molecule has 0 aromatic heterocycles. The van der Waals surface area contributed by atoms with Crippen molar-refractivity contribution in [3.05, 3.63) is 18.2 Å². The van der Waals surface area contributed by atoms with Crippen LogP contribution in [-0.4, -0.2) is 23.6 Å². The number of amides is 1. The minimum Gasteiger partial charge on any atom is -0.506 e. The average molecular weight is 206 g/mol. The van der Waals surface area contributed by atoms with Crippen LogP contribution in [0.15, 0.2) is 18.2 Å². The van der Waals surface area contributed by atoms with Gasteiger partial charge in [0.25, 0.3) is 0 Å². The highest BCUT2D eigenvalue weighted by Crippen LogP contribution is 2.37. The monoisotopic (exact) mass is 206 g/mol. The summed E-state index contributed by atoms with van der Waals surface area (Å²) in [5.74, 6) is 0.0314. The smallest absolute Gasteiger partial charge is 0.244 e. The van der Waals surface area contributed by atoms with Gasteiger partial charge in [-0.25, -0.2) is 0 Å². The van der Waals surface area contributed by atoms with Crippen molar-refractivity contribution < 1.29 is 9.90 Å². The van der Waals surface area contributed by atoms with Crippen molar-refractivity contribution in [3.63, 3.8) is 0 Å². The Morgan fingerprint density at radius 3 is 2.87 bits per heavy atom. The first kappa shape index (κ1) is 9.83. The van der Waals surface area contributed by atoms with Crippen LogP contribution in [0.4, 0.5) is 11.4 Å². The summed E-state index contributed by atoms with van der Waals surface area (Å²) in [6.07, 6.45) is 0. The summed E-state index contributed by atoms with van der Waals surface area (Å²) in [6.45, 7) is 4.38. The number of fused-ring (bicyclic) bond motifs is 1. The molecular formula is C11H14N2O2. The van der Waals surface area contributed by atoms with Gasteiger partial charge in [0.1, 0.15) is 11.4 Å². The number of hydrogen-bond donors (Lipinski definition) is 2. The number of nitrogens with zero attached hydrogens (tertiary/aromatic N) is 1. The summed E-state index contributed by atoms with van der Waals surface area (Å²) >= 11 is 0. The molecule has 0 aliphatic carbocycles. The molecule has 0 saturated heterocycles. The lowest BCUT2D eigenvalue weighted by molar-refractivity contribution is -0.115. The second-order valence-electron chi connectivity index (χ2n) is 3.94. The van der Waals surface area contributed by atoms with E-state index in [1.54, 1.807) is 12.1 Å². The van der Waals surface area contributed by atoms with Crippen molar-refractivity contribution in [1.82, 2.24) is 0 Å². The standard InChI is InChI=1S/C11H14N2O2/c1-7(2)13-6-10(15)12-11-8(13)4-3-5-9(11)14/h3-5,7,14H,6H2,1-2H3,(H,12,15). The minimum absolute atomic E-state index is 0.0855. The molecule has 0 fully saturated rings. The third-order valence-corrected chi connectivity index (χ3v) is 2.53. The molecule has 1 aromatic carbocycles. The van der Waals surface area contributed by atoms with Gasteiger partial charge in [-0.3, -0.25) is 4.79 Å². The number of nitrogens with one attached hydrogen (secondary N) is 1. The molecule has 1 heterocycles. The van der Waals surface area contributed by atoms with E-state index in [-0.39, 0.29) is 17.7 Å². The summed E-state index contributed by atoms with van der Waals surface area (Å²) in [5, 5.41) is 12.3. The largest absolute Gasteiger partial charge is 0.506 e. The molecule has 4 nitrogen and oxygen atoms in total. The highest BCUT2D eigenvalue weighted by atomic mass is 16.3. The maximum atomic E-state index is 11.4. The molecule has 1 aliphatic heterocycles. The average Bonchev–Trinajstić information content (AvgIpc) is 2.18. The Morgan fingerprint density at radius 1 is 1.47 bits per heavy atom. The first-order valence-electron chi connectivity index (χ1n) is 4.98. The second kappa shape index (κ2) is 3.46. The Balaban J connectivity index is 2.51. The molecule has 0 unspecified atom stereocenters. The maximum absolute atomic E-state index is 11.4. The number of carbonyl (C=O) groups is 1. The zero-order valence-electron chi connectivity index (χ0n) is 8.82. The van der Waals surface area contributed by atoms with Gasteiger partial charge in [0.05, 0.1) is 12.2 Å². The number of hydrogen-bond acceptors (Lipinski definition) is 3. The predicted octanol–water partition coefficient (Wildman–Crippen LogP) is 1.56. The molecule has 1 aromatic rings. The summed E-state index contributed by atoms with van der Waals surface area (Å²) in [4.78, 5) is 13.4. The van der Waals surface area contributed by atoms with E-state index in [1.165, 1.54) is 0 Å². The number of anilines is 2. The van der Waals surface area contributed by atoms with E-state index in [0.29, 0.717) is 12.2 Å². The highest BCUT2D eigenvalue weighted by molar-refractivity contribution is 6.02. The molecule has 80 valence electrons.